The van der Waals surface area contributed by atoms with Gasteiger partial charge in [0.1, 0.15) is 18.1 Å². The molecule has 0 fully saturated rings. The van der Waals surface area contributed by atoms with Gasteiger partial charge < -0.3 is 14.6 Å². The number of benzene rings is 3. The highest BCUT2D eigenvalue weighted by Crippen LogP contribution is 2.20. The Morgan fingerprint density at radius 3 is 2.59 bits per heavy atom. The highest BCUT2D eigenvalue weighted by atomic mass is 16.5. The van der Waals surface area contributed by atoms with Gasteiger partial charge in [0.25, 0.3) is 0 Å². The Hall–Kier alpha value is -3.60. The number of aryl methyl sites for hydroxylation is 1. The second kappa shape index (κ2) is 8.19. The van der Waals surface area contributed by atoms with Gasteiger partial charge in [-0.3, -0.25) is 4.79 Å². The zero-order valence-electron chi connectivity index (χ0n) is 16.6. The third-order valence-corrected chi connectivity index (χ3v) is 4.86. The number of nitrogens with one attached hydrogen (secondary N) is 1. The third-order valence-electron chi connectivity index (χ3n) is 4.86. The number of amides is 1. The summed E-state index contributed by atoms with van der Waals surface area (Å²) in [5.41, 5.74) is 4.86. The third kappa shape index (κ3) is 4.29. The standard InChI is InChI=1S/C24H23N3O2/c1-17-6-5-7-19(14-17)25-24(28)16-27-22-9-4-3-8-21(22)26-23(27)15-18-10-12-20(29-2)13-11-18/h3-14H,15-16H2,1-2H3,(H,25,28). The molecule has 0 spiro atoms. The molecule has 0 saturated carbocycles. The molecule has 29 heavy (non-hydrogen) atoms. The fraction of sp³-hybridized carbons (Fsp3) is 0.167. The molecule has 0 bridgehead atoms. The van der Waals surface area contributed by atoms with E-state index in [1.54, 1.807) is 7.11 Å². The van der Waals surface area contributed by atoms with Gasteiger partial charge >= 0.3 is 0 Å². The van der Waals surface area contributed by atoms with Crippen molar-refractivity contribution in [2.24, 2.45) is 0 Å². The Balaban J connectivity index is 1.61. The first kappa shape index (κ1) is 18.7. The lowest BCUT2D eigenvalue weighted by molar-refractivity contribution is -0.116. The van der Waals surface area contributed by atoms with Crippen molar-refractivity contribution in [1.29, 1.82) is 0 Å². The first-order chi connectivity index (χ1) is 14.1. The van der Waals surface area contributed by atoms with Crippen LogP contribution in [0.4, 0.5) is 5.69 Å². The Morgan fingerprint density at radius 1 is 1.03 bits per heavy atom. The molecule has 4 rings (SSSR count). The van der Waals surface area contributed by atoms with Crippen molar-refractivity contribution in [2.45, 2.75) is 19.9 Å². The number of fused-ring (bicyclic) bond motifs is 1. The van der Waals surface area contributed by atoms with E-state index in [9.17, 15) is 4.79 Å². The average Bonchev–Trinajstić information content (AvgIpc) is 3.05. The number of carbonyl (C=O) groups excluding carboxylic acids is 1. The van der Waals surface area contributed by atoms with Gasteiger partial charge in [-0.05, 0) is 54.4 Å². The van der Waals surface area contributed by atoms with Crippen molar-refractivity contribution in [3.63, 3.8) is 0 Å². The fourth-order valence-electron chi connectivity index (χ4n) is 3.43. The van der Waals surface area contributed by atoms with Crippen molar-refractivity contribution in [3.8, 4) is 5.75 Å². The van der Waals surface area contributed by atoms with Gasteiger partial charge in [-0.15, -0.1) is 0 Å². The highest BCUT2D eigenvalue weighted by molar-refractivity contribution is 5.91. The number of ether oxygens (including phenoxy) is 1. The number of carbonyl (C=O) groups is 1. The molecule has 0 atom stereocenters. The Labute approximate surface area is 170 Å². The quantitative estimate of drug-likeness (QED) is 0.528. The zero-order valence-corrected chi connectivity index (χ0v) is 16.6. The molecule has 0 unspecified atom stereocenters. The van der Waals surface area contributed by atoms with Crippen LogP contribution < -0.4 is 10.1 Å². The molecule has 5 nitrogen and oxygen atoms in total. The number of para-hydroxylation sites is 2. The number of nitrogens with zero attached hydrogens (tertiary/aromatic N) is 2. The van der Waals surface area contributed by atoms with E-state index < -0.39 is 0 Å². The lowest BCUT2D eigenvalue weighted by Gasteiger charge is -2.11. The zero-order chi connectivity index (χ0) is 20.2. The van der Waals surface area contributed by atoms with Crippen LogP contribution in [-0.4, -0.2) is 22.6 Å². The van der Waals surface area contributed by atoms with Crippen LogP contribution >= 0.6 is 0 Å². The Morgan fingerprint density at radius 2 is 1.83 bits per heavy atom. The summed E-state index contributed by atoms with van der Waals surface area (Å²) in [6.45, 7) is 2.21. The predicted molar refractivity (Wildman–Crippen MR) is 115 cm³/mol. The van der Waals surface area contributed by atoms with Crippen LogP contribution in [0.1, 0.15) is 17.0 Å². The van der Waals surface area contributed by atoms with Crippen LogP contribution in [0.25, 0.3) is 11.0 Å². The minimum Gasteiger partial charge on any atom is -0.497 e. The van der Waals surface area contributed by atoms with Crippen molar-refractivity contribution in [2.75, 3.05) is 12.4 Å². The molecule has 0 aliphatic carbocycles. The van der Waals surface area contributed by atoms with E-state index in [0.717, 1.165) is 39.4 Å². The lowest BCUT2D eigenvalue weighted by Crippen LogP contribution is -2.20. The maximum atomic E-state index is 12.7. The number of hydrogen-bond acceptors (Lipinski definition) is 3. The van der Waals surface area contributed by atoms with Gasteiger partial charge in [0.15, 0.2) is 0 Å². The fourth-order valence-corrected chi connectivity index (χ4v) is 3.43. The Kier molecular flexibility index (Phi) is 5.29. The van der Waals surface area contributed by atoms with E-state index in [1.807, 2.05) is 84.3 Å². The highest BCUT2D eigenvalue weighted by Gasteiger charge is 2.14. The average molecular weight is 385 g/mol. The molecule has 3 aromatic carbocycles. The van der Waals surface area contributed by atoms with Gasteiger partial charge in [0.2, 0.25) is 5.91 Å². The normalized spacial score (nSPS) is 10.8. The number of imidazole rings is 1. The van der Waals surface area contributed by atoms with Crippen LogP contribution in [0.2, 0.25) is 0 Å². The molecule has 4 aromatic rings. The summed E-state index contributed by atoms with van der Waals surface area (Å²) in [6.07, 6.45) is 0.635. The minimum absolute atomic E-state index is 0.0743. The second-order valence-electron chi connectivity index (χ2n) is 7.05. The van der Waals surface area contributed by atoms with E-state index in [-0.39, 0.29) is 12.5 Å². The van der Waals surface area contributed by atoms with Gasteiger partial charge in [0.05, 0.1) is 18.1 Å². The summed E-state index contributed by atoms with van der Waals surface area (Å²) >= 11 is 0. The number of methoxy groups -OCH3 is 1. The molecule has 0 aliphatic rings. The molecule has 5 heteroatoms. The van der Waals surface area contributed by atoms with E-state index in [4.69, 9.17) is 9.72 Å². The molecule has 1 aromatic heterocycles. The monoisotopic (exact) mass is 385 g/mol. The maximum Gasteiger partial charge on any atom is 0.244 e. The molecular formula is C24H23N3O2. The number of anilines is 1. The summed E-state index contributed by atoms with van der Waals surface area (Å²) in [6, 6.07) is 23.6. The molecule has 1 heterocycles. The first-order valence-electron chi connectivity index (χ1n) is 9.56. The summed E-state index contributed by atoms with van der Waals surface area (Å²) in [7, 11) is 1.65. The molecule has 0 radical (unpaired) electrons. The van der Waals surface area contributed by atoms with Crippen LogP contribution in [0, 0.1) is 6.92 Å². The van der Waals surface area contributed by atoms with Crippen molar-refractivity contribution in [3.05, 3.63) is 89.7 Å². The molecule has 146 valence electrons. The topological polar surface area (TPSA) is 56.2 Å². The van der Waals surface area contributed by atoms with E-state index in [2.05, 4.69) is 5.32 Å². The molecule has 0 saturated heterocycles. The second-order valence-corrected chi connectivity index (χ2v) is 7.05. The van der Waals surface area contributed by atoms with Crippen LogP contribution in [0.15, 0.2) is 72.8 Å². The minimum atomic E-state index is -0.0743. The van der Waals surface area contributed by atoms with E-state index in [1.165, 1.54) is 0 Å². The van der Waals surface area contributed by atoms with Gasteiger partial charge in [-0.2, -0.15) is 0 Å². The van der Waals surface area contributed by atoms with Crippen molar-refractivity contribution >= 4 is 22.6 Å². The van der Waals surface area contributed by atoms with E-state index in [0.29, 0.717) is 6.42 Å². The largest absolute Gasteiger partial charge is 0.497 e. The summed E-state index contributed by atoms with van der Waals surface area (Å²) in [4.78, 5) is 17.5. The smallest absolute Gasteiger partial charge is 0.244 e. The molecular weight excluding hydrogens is 362 g/mol. The van der Waals surface area contributed by atoms with Gasteiger partial charge in [-0.25, -0.2) is 4.98 Å². The van der Waals surface area contributed by atoms with Crippen molar-refractivity contribution in [1.82, 2.24) is 9.55 Å². The molecule has 1 N–H and O–H groups in total. The SMILES string of the molecule is COc1ccc(Cc2nc3ccccc3n2CC(=O)Nc2cccc(C)c2)cc1. The van der Waals surface area contributed by atoms with Crippen LogP contribution in [0.5, 0.6) is 5.75 Å². The number of rotatable bonds is 6. The summed E-state index contributed by atoms with van der Waals surface area (Å²) in [5, 5.41) is 2.99. The molecule has 1 amide bonds. The predicted octanol–water partition coefficient (Wildman–Crippen LogP) is 4.58. The van der Waals surface area contributed by atoms with Crippen LogP contribution in [0.3, 0.4) is 0 Å². The summed E-state index contributed by atoms with van der Waals surface area (Å²) in [5.74, 6) is 1.60. The molecule has 0 aliphatic heterocycles. The maximum absolute atomic E-state index is 12.7. The first-order valence-corrected chi connectivity index (χ1v) is 9.56. The number of hydrogen-bond donors (Lipinski definition) is 1. The van der Waals surface area contributed by atoms with Gasteiger partial charge in [0, 0.05) is 12.1 Å². The van der Waals surface area contributed by atoms with Crippen LogP contribution in [-0.2, 0) is 17.8 Å². The lowest BCUT2D eigenvalue weighted by atomic mass is 10.1. The van der Waals surface area contributed by atoms with E-state index >= 15 is 0 Å². The Bertz CT molecular complexity index is 1150. The number of aromatic nitrogens is 2. The van der Waals surface area contributed by atoms with Crippen molar-refractivity contribution < 1.29 is 9.53 Å². The van der Waals surface area contributed by atoms with Gasteiger partial charge in [-0.1, -0.05) is 36.4 Å². The summed E-state index contributed by atoms with van der Waals surface area (Å²) < 4.78 is 7.23.